The molecular formula is C12H15F2NO2. The maximum absolute atomic E-state index is 14.0. The highest BCUT2D eigenvalue weighted by Gasteiger charge is 2.55. The fourth-order valence-electron chi connectivity index (χ4n) is 2.16. The van der Waals surface area contributed by atoms with E-state index in [1.54, 1.807) is 6.92 Å². The van der Waals surface area contributed by atoms with E-state index >= 15 is 0 Å². The third kappa shape index (κ3) is 1.64. The molecule has 0 amide bonds. The molecule has 1 aliphatic carbocycles. The quantitative estimate of drug-likeness (QED) is 0.811. The van der Waals surface area contributed by atoms with Crippen molar-refractivity contribution >= 4 is 5.97 Å². The van der Waals surface area contributed by atoms with Crippen LogP contribution in [0.25, 0.3) is 0 Å². The molecule has 0 aliphatic heterocycles. The van der Waals surface area contributed by atoms with Gasteiger partial charge in [-0.2, -0.15) is 8.78 Å². The maximum Gasteiger partial charge on any atom is 0.354 e. The van der Waals surface area contributed by atoms with Crippen LogP contribution in [0.3, 0.4) is 0 Å². The summed E-state index contributed by atoms with van der Waals surface area (Å²) in [5.41, 5.74) is -0.651. The molecule has 0 unspecified atom stereocenters. The minimum atomic E-state index is -2.94. The number of halogens is 2. The van der Waals surface area contributed by atoms with Gasteiger partial charge in [-0.05, 0) is 25.0 Å². The summed E-state index contributed by atoms with van der Waals surface area (Å²) in [6.07, 6.45) is 0.255. The topological polar surface area (TPSA) is 42.1 Å². The third-order valence-corrected chi connectivity index (χ3v) is 3.19. The Hall–Kier alpha value is -1.39. The SMILES string of the molecule is CCOC(=O)c1cc2c([nH]1)C(F)(F)C(C)(C)C2. The number of aromatic amines is 1. The number of hydrogen-bond acceptors (Lipinski definition) is 2. The zero-order chi connectivity index (χ0) is 12.8. The molecule has 1 aliphatic rings. The monoisotopic (exact) mass is 243 g/mol. The molecule has 0 spiro atoms. The number of rotatable bonds is 2. The molecule has 5 heteroatoms. The molecule has 3 nitrogen and oxygen atoms in total. The number of alkyl halides is 2. The zero-order valence-corrected chi connectivity index (χ0v) is 10.1. The Balaban J connectivity index is 2.36. The van der Waals surface area contributed by atoms with E-state index in [9.17, 15) is 13.6 Å². The normalized spacial score (nSPS) is 20.1. The molecule has 1 aromatic rings. The van der Waals surface area contributed by atoms with Crippen molar-refractivity contribution in [3.05, 3.63) is 23.0 Å². The standard InChI is InChI=1S/C12H15F2NO2/c1-4-17-10(16)8-5-7-6-11(2,3)12(13,14)9(7)15-8/h5,15H,4,6H2,1-3H3. The number of esters is 1. The van der Waals surface area contributed by atoms with E-state index in [0.717, 1.165) is 0 Å². The van der Waals surface area contributed by atoms with Crippen molar-refractivity contribution in [1.29, 1.82) is 0 Å². The van der Waals surface area contributed by atoms with Gasteiger partial charge < -0.3 is 9.72 Å². The Labute approximate surface area is 98.2 Å². The summed E-state index contributed by atoms with van der Waals surface area (Å²) >= 11 is 0. The van der Waals surface area contributed by atoms with Crippen molar-refractivity contribution < 1.29 is 18.3 Å². The predicted octanol–water partition coefficient (Wildman–Crippen LogP) is 2.87. The number of hydrogen-bond donors (Lipinski definition) is 1. The molecule has 0 radical (unpaired) electrons. The summed E-state index contributed by atoms with van der Waals surface area (Å²) < 4.78 is 32.8. The van der Waals surface area contributed by atoms with E-state index in [2.05, 4.69) is 4.98 Å². The van der Waals surface area contributed by atoms with E-state index in [1.807, 2.05) is 0 Å². The first-order valence-electron chi connectivity index (χ1n) is 5.57. The van der Waals surface area contributed by atoms with E-state index in [-0.39, 0.29) is 24.4 Å². The summed E-state index contributed by atoms with van der Waals surface area (Å²) in [4.78, 5) is 13.9. The smallest absolute Gasteiger partial charge is 0.354 e. The average Bonchev–Trinajstić information content (AvgIpc) is 2.67. The van der Waals surface area contributed by atoms with Crippen LogP contribution in [0.5, 0.6) is 0 Å². The molecule has 0 saturated carbocycles. The first-order chi connectivity index (χ1) is 7.79. The van der Waals surface area contributed by atoms with Crippen molar-refractivity contribution in [1.82, 2.24) is 4.98 Å². The van der Waals surface area contributed by atoms with Crippen LogP contribution in [0.4, 0.5) is 8.78 Å². The zero-order valence-electron chi connectivity index (χ0n) is 10.1. The van der Waals surface area contributed by atoms with Crippen LogP contribution in [0.1, 0.15) is 42.5 Å². The minimum Gasteiger partial charge on any atom is -0.461 e. The van der Waals surface area contributed by atoms with Crippen LogP contribution < -0.4 is 0 Å². The molecule has 0 atom stereocenters. The van der Waals surface area contributed by atoms with Gasteiger partial charge in [0.25, 0.3) is 5.92 Å². The lowest BCUT2D eigenvalue weighted by Gasteiger charge is -2.26. The lowest BCUT2D eigenvalue weighted by Crippen LogP contribution is -2.30. The minimum absolute atomic E-state index is 0.104. The highest BCUT2D eigenvalue weighted by molar-refractivity contribution is 5.88. The van der Waals surface area contributed by atoms with Crippen LogP contribution >= 0.6 is 0 Å². The Bertz CT molecular complexity index is 463. The molecule has 17 heavy (non-hydrogen) atoms. The number of aromatic nitrogens is 1. The first kappa shape index (κ1) is 12.1. The molecule has 0 bridgehead atoms. The van der Waals surface area contributed by atoms with Crippen molar-refractivity contribution in [3.63, 3.8) is 0 Å². The van der Waals surface area contributed by atoms with Gasteiger partial charge in [0, 0.05) is 5.41 Å². The molecular weight excluding hydrogens is 228 g/mol. The van der Waals surface area contributed by atoms with Gasteiger partial charge in [-0.1, -0.05) is 13.8 Å². The lowest BCUT2D eigenvalue weighted by molar-refractivity contribution is -0.102. The van der Waals surface area contributed by atoms with E-state index < -0.39 is 17.3 Å². The van der Waals surface area contributed by atoms with Gasteiger partial charge in [-0.3, -0.25) is 0 Å². The second-order valence-corrected chi connectivity index (χ2v) is 4.94. The van der Waals surface area contributed by atoms with Crippen molar-refractivity contribution in [2.75, 3.05) is 6.61 Å². The summed E-state index contributed by atoms with van der Waals surface area (Å²) in [5.74, 6) is -3.52. The maximum atomic E-state index is 14.0. The summed E-state index contributed by atoms with van der Waals surface area (Å²) in [6.45, 7) is 4.94. The number of fused-ring (bicyclic) bond motifs is 1. The van der Waals surface area contributed by atoms with Gasteiger partial charge in [0.15, 0.2) is 0 Å². The second-order valence-electron chi connectivity index (χ2n) is 4.94. The van der Waals surface area contributed by atoms with E-state index in [4.69, 9.17) is 4.74 Å². The average molecular weight is 243 g/mol. The first-order valence-corrected chi connectivity index (χ1v) is 5.57. The number of nitrogens with one attached hydrogen (secondary N) is 1. The number of carbonyl (C=O) groups is 1. The predicted molar refractivity (Wildman–Crippen MR) is 58.1 cm³/mol. The van der Waals surface area contributed by atoms with Crippen molar-refractivity contribution in [3.8, 4) is 0 Å². The summed E-state index contributed by atoms with van der Waals surface area (Å²) in [6, 6.07) is 1.47. The number of H-pyrrole nitrogens is 1. The summed E-state index contributed by atoms with van der Waals surface area (Å²) in [5, 5.41) is 0. The van der Waals surface area contributed by atoms with Crippen LogP contribution in [0.2, 0.25) is 0 Å². The highest BCUT2D eigenvalue weighted by Crippen LogP contribution is 2.53. The van der Waals surface area contributed by atoms with Crippen molar-refractivity contribution in [2.24, 2.45) is 5.41 Å². The molecule has 2 rings (SSSR count). The Kier molecular flexibility index (Phi) is 2.52. The Morgan fingerprint density at radius 1 is 1.53 bits per heavy atom. The van der Waals surface area contributed by atoms with E-state index in [1.165, 1.54) is 19.9 Å². The lowest BCUT2D eigenvalue weighted by atomic mass is 9.87. The molecule has 1 aromatic heterocycles. The van der Waals surface area contributed by atoms with Crippen LogP contribution in [0, 0.1) is 5.41 Å². The molecule has 1 N–H and O–H groups in total. The molecule has 1 heterocycles. The second kappa shape index (κ2) is 3.55. The Morgan fingerprint density at radius 2 is 2.18 bits per heavy atom. The van der Waals surface area contributed by atoms with Gasteiger partial charge in [-0.15, -0.1) is 0 Å². The fourth-order valence-corrected chi connectivity index (χ4v) is 2.16. The summed E-state index contributed by atoms with van der Waals surface area (Å²) in [7, 11) is 0. The van der Waals surface area contributed by atoms with E-state index in [0.29, 0.717) is 5.56 Å². The van der Waals surface area contributed by atoms with Gasteiger partial charge in [0.2, 0.25) is 0 Å². The largest absolute Gasteiger partial charge is 0.461 e. The van der Waals surface area contributed by atoms with Crippen molar-refractivity contribution in [2.45, 2.75) is 33.1 Å². The Morgan fingerprint density at radius 3 is 2.71 bits per heavy atom. The van der Waals surface area contributed by atoms with Gasteiger partial charge in [-0.25, -0.2) is 4.79 Å². The number of ether oxygens (including phenoxy) is 1. The number of carbonyl (C=O) groups excluding carboxylic acids is 1. The molecule has 94 valence electrons. The molecule has 0 aromatic carbocycles. The van der Waals surface area contributed by atoms with Gasteiger partial charge >= 0.3 is 5.97 Å². The third-order valence-electron chi connectivity index (χ3n) is 3.19. The molecule has 0 saturated heterocycles. The van der Waals surface area contributed by atoms with Crippen LogP contribution in [0.15, 0.2) is 6.07 Å². The van der Waals surface area contributed by atoms with Crippen LogP contribution in [-0.2, 0) is 17.1 Å². The fraction of sp³-hybridized carbons (Fsp3) is 0.583. The van der Waals surface area contributed by atoms with Gasteiger partial charge in [0.05, 0.1) is 12.3 Å². The van der Waals surface area contributed by atoms with Crippen LogP contribution in [-0.4, -0.2) is 17.6 Å². The highest BCUT2D eigenvalue weighted by atomic mass is 19.3. The van der Waals surface area contributed by atoms with Gasteiger partial charge in [0.1, 0.15) is 5.69 Å². The molecule has 0 fully saturated rings.